The SMILES string of the molecule is COc1ccc(Cl)cc1CC(=O)Nc1cccc(Cl)c1F. The van der Waals surface area contributed by atoms with Crippen molar-refractivity contribution in [1.29, 1.82) is 0 Å². The van der Waals surface area contributed by atoms with Gasteiger partial charge in [-0.05, 0) is 30.3 Å². The van der Waals surface area contributed by atoms with Crippen LogP contribution in [-0.4, -0.2) is 13.0 Å². The summed E-state index contributed by atoms with van der Waals surface area (Å²) in [4.78, 5) is 12.0. The molecule has 0 saturated carbocycles. The van der Waals surface area contributed by atoms with Crippen LogP contribution in [0.5, 0.6) is 5.75 Å². The van der Waals surface area contributed by atoms with Gasteiger partial charge in [0.2, 0.25) is 5.91 Å². The molecule has 110 valence electrons. The Hall–Kier alpha value is -1.78. The first-order chi connectivity index (χ1) is 10.0. The molecule has 1 amide bonds. The molecule has 0 saturated heterocycles. The number of ether oxygens (including phenoxy) is 1. The summed E-state index contributed by atoms with van der Waals surface area (Å²) in [5, 5.41) is 2.92. The number of carbonyl (C=O) groups is 1. The Morgan fingerprint density at radius 2 is 2.05 bits per heavy atom. The van der Waals surface area contributed by atoms with E-state index >= 15 is 0 Å². The van der Waals surface area contributed by atoms with Gasteiger partial charge in [0.15, 0.2) is 5.82 Å². The minimum absolute atomic E-state index is 0.00961. The van der Waals surface area contributed by atoms with Crippen LogP contribution in [0.2, 0.25) is 10.0 Å². The fraction of sp³-hybridized carbons (Fsp3) is 0.133. The van der Waals surface area contributed by atoms with Crippen LogP contribution in [0.1, 0.15) is 5.56 Å². The van der Waals surface area contributed by atoms with Gasteiger partial charge in [-0.2, -0.15) is 0 Å². The third-order valence-corrected chi connectivity index (χ3v) is 3.35. The van der Waals surface area contributed by atoms with E-state index in [1.807, 2.05) is 0 Å². The fourth-order valence-electron chi connectivity index (χ4n) is 1.85. The first kappa shape index (κ1) is 15.6. The lowest BCUT2D eigenvalue weighted by atomic mass is 10.1. The Morgan fingerprint density at radius 1 is 1.29 bits per heavy atom. The van der Waals surface area contributed by atoms with Gasteiger partial charge in [-0.1, -0.05) is 29.3 Å². The zero-order chi connectivity index (χ0) is 15.4. The molecule has 6 heteroatoms. The maximum Gasteiger partial charge on any atom is 0.229 e. The Labute approximate surface area is 131 Å². The lowest BCUT2D eigenvalue weighted by Crippen LogP contribution is -2.16. The molecule has 21 heavy (non-hydrogen) atoms. The van der Waals surface area contributed by atoms with E-state index in [1.165, 1.54) is 19.2 Å². The van der Waals surface area contributed by atoms with Gasteiger partial charge in [-0.3, -0.25) is 4.79 Å². The molecule has 0 bridgehead atoms. The van der Waals surface area contributed by atoms with Gasteiger partial charge in [-0.25, -0.2) is 4.39 Å². The molecule has 0 unspecified atom stereocenters. The maximum absolute atomic E-state index is 13.7. The summed E-state index contributed by atoms with van der Waals surface area (Å²) in [5.41, 5.74) is 0.651. The minimum Gasteiger partial charge on any atom is -0.496 e. The van der Waals surface area contributed by atoms with Crippen LogP contribution < -0.4 is 10.1 Å². The van der Waals surface area contributed by atoms with Crippen molar-refractivity contribution in [3.05, 3.63) is 57.8 Å². The normalized spacial score (nSPS) is 10.3. The molecule has 0 spiro atoms. The quantitative estimate of drug-likeness (QED) is 0.908. The van der Waals surface area contributed by atoms with Crippen molar-refractivity contribution >= 4 is 34.8 Å². The van der Waals surface area contributed by atoms with Gasteiger partial charge in [0.1, 0.15) is 5.75 Å². The number of rotatable bonds is 4. The van der Waals surface area contributed by atoms with E-state index in [0.29, 0.717) is 16.3 Å². The Bertz CT molecular complexity index is 677. The van der Waals surface area contributed by atoms with Crippen molar-refractivity contribution in [1.82, 2.24) is 0 Å². The average molecular weight is 328 g/mol. The second-order valence-electron chi connectivity index (χ2n) is 4.28. The maximum atomic E-state index is 13.7. The molecule has 1 N–H and O–H groups in total. The van der Waals surface area contributed by atoms with Gasteiger partial charge in [0.25, 0.3) is 0 Å². The zero-order valence-corrected chi connectivity index (χ0v) is 12.6. The van der Waals surface area contributed by atoms with Gasteiger partial charge in [0, 0.05) is 10.6 Å². The number of halogens is 3. The summed E-state index contributed by atoms with van der Waals surface area (Å²) in [6.45, 7) is 0. The van der Waals surface area contributed by atoms with Gasteiger partial charge < -0.3 is 10.1 Å². The third-order valence-electron chi connectivity index (χ3n) is 2.82. The molecule has 0 aliphatic carbocycles. The number of methoxy groups -OCH3 is 1. The summed E-state index contributed by atoms with van der Waals surface area (Å²) in [7, 11) is 1.50. The minimum atomic E-state index is -0.662. The standard InChI is InChI=1S/C15H12Cl2FNO2/c1-21-13-6-5-10(16)7-9(13)8-14(20)19-12-4-2-3-11(17)15(12)18/h2-7H,8H2,1H3,(H,19,20). The van der Waals surface area contributed by atoms with Crippen LogP contribution in [0, 0.1) is 5.82 Å². The van der Waals surface area contributed by atoms with Crippen molar-refractivity contribution in [3.63, 3.8) is 0 Å². The number of anilines is 1. The second kappa shape index (κ2) is 6.78. The van der Waals surface area contributed by atoms with Crippen molar-refractivity contribution in [2.45, 2.75) is 6.42 Å². The van der Waals surface area contributed by atoms with Crippen molar-refractivity contribution in [2.24, 2.45) is 0 Å². The molecule has 0 aromatic heterocycles. The molecule has 0 atom stereocenters. The van der Waals surface area contributed by atoms with Gasteiger partial charge in [0.05, 0.1) is 24.2 Å². The Kier molecular flexibility index (Phi) is 5.04. The van der Waals surface area contributed by atoms with Crippen LogP contribution in [0.3, 0.4) is 0 Å². The van der Waals surface area contributed by atoms with Crippen LogP contribution >= 0.6 is 23.2 Å². The molecule has 0 radical (unpaired) electrons. The van der Waals surface area contributed by atoms with E-state index < -0.39 is 11.7 Å². The highest BCUT2D eigenvalue weighted by Crippen LogP contribution is 2.25. The molecule has 0 aliphatic rings. The largest absolute Gasteiger partial charge is 0.496 e. The van der Waals surface area contributed by atoms with E-state index in [9.17, 15) is 9.18 Å². The highest BCUT2D eigenvalue weighted by Gasteiger charge is 2.13. The van der Waals surface area contributed by atoms with Crippen LogP contribution in [0.4, 0.5) is 10.1 Å². The highest BCUT2D eigenvalue weighted by atomic mass is 35.5. The Morgan fingerprint density at radius 3 is 2.76 bits per heavy atom. The fourth-order valence-corrected chi connectivity index (χ4v) is 2.22. The van der Waals surface area contributed by atoms with Crippen LogP contribution in [0.25, 0.3) is 0 Å². The molecule has 2 rings (SSSR count). The number of nitrogens with one attached hydrogen (secondary N) is 1. The summed E-state index contributed by atoms with van der Waals surface area (Å²) in [5.74, 6) is -0.511. The molecular weight excluding hydrogens is 316 g/mol. The van der Waals surface area contributed by atoms with Gasteiger partial charge >= 0.3 is 0 Å². The van der Waals surface area contributed by atoms with E-state index in [2.05, 4.69) is 5.32 Å². The summed E-state index contributed by atoms with van der Waals surface area (Å²) in [6, 6.07) is 9.37. The van der Waals surface area contributed by atoms with Crippen molar-refractivity contribution < 1.29 is 13.9 Å². The topological polar surface area (TPSA) is 38.3 Å². The van der Waals surface area contributed by atoms with Gasteiger partial charge in [-0.15, -0.1) is 0 Å². The molecule has 2 aromatic rings. The van der Waals surface area contributed by atoms with Crippen LogP contribution in [0.15, 0.2) is 36.4 Å². The number of amides is 1. The van der Waals surface area contributed by atoms with E-state index in [0.717, 1.165) is 0 Å². The molecule has 0 heterocycles. The molecule has 2 aromatic carbocycles. The second-order valence-corrected chi connectivity index (χ2v) is 5.13. The number of benzene rings is 2. The van der Waals surface area contributed by atoms with Crippen molar-refractivity contribution in [2.75, 3.05) is 12.4 Å². The summed E-state index contributed by atoms with van der Waals surface area (Å²) in [6.07, 6.45) is 0.00961. The van der Waals surface area contributed by atoms with Crippen LogP contribution in [-0.2, 0) is 11.2 Å². The molecule has 0 fully saturated rings. The molecular formula is C15H12Cl2FNO2. The predicted octanol–water partition coefficient (Wildman–Crippen LogP) is 4.32. The molecule has 0 aliphatic heterocycles. The molecule has 3 nitrogen and oxygen atoms in total. The highest BCUT2D eigenvalue weighted by molar-refractivity contribution is 6.31. The van der Waals surface area contributed by atoms with E-state index in [1.54, 1.807) is 24.3 Å². The monoisotopic (exact) mass is 327 g/mol. The average Bonchev–Trinajstić information content (AvgIpc) is 2.44. The van der Waals surface area contributed by atoms with Crippen molar-refractivity contribution in [3.8, 4) is 5.75 Å². The third kappa shape index (κ3) is 3.86. The predicted molar refractivity (Wildman–Crippen MR) is 81.7 cm³/mol. The lowest BCUT2D eigenvalue weighted by Gasteiger charge is -2.10. The van der Waals surface area contributed by atoms with E-state index in [-0.39, 0.29) is 17.1 Å². The number of carbonyl (C=O) groups excluding carboxylic acids is 1. The number of hydrogen-bond donors (Lipinski definition) is 1. The first-order valence-electron chi connectivity index (χ1n) is 6.07. The number of hydrogen-bond acceptors (Lipinski definition) is 2. The van der Waals surface area contributed by atoms with E-state index in [4.69, 9.17) is 27.9 Å². The Balaban J connectivity index is 2.15. The summed E-state index contributed by atoms with van der Waals surface area (Å²) < 4.78 is 18.9. The lowest BCUT2D eigenvalue weighted by molar-refractivity contribution is -0.115. The summed E-state index contributed by atoms with van der Waals surface area (Å²) >= 11 is 11.6. The smallest absolute Gasteiger partial charge is 0.229 e. The first-order valence-corrected chi connectivity index (χ1v) is 6.83. The zero-order valence-electron chi connectivity index (χ0n) is 11.1.